The Balaban J connectivity index is 2.09. The van der Waals surface area contributed by atoms with Crippen molar-refractivity contribution in [2.75, 3.05) is 6.54 Å². The molecule has 1 aromatic rings. The molecule has 2 nitrogen and oxygen atoms in total. The Kier molecular flexibility index (Phi) is 4.80. The molecule has 1 aromatic carbocycles. The summed E-state index contributed by atoms with van der Waals surface area (Å²) in [7, 11) is 0. The number of hydrogen-bond acceptors (Lipinski definition) is 2. The third-order valence-electron chi connectivity index (χ3n) is 4.47. The number of halogens is 1. The van der Waals surface area contributed by atoms with Gasteiger partial charge in [0.05, 0.1) is 0 Å². The van der Waals surface area contributed by atoms with E-state index in [1.807, 2.05) is 24.3 Å². The Bertz CT molecular complexity index is 450. The van der Waals surface area contributed by atoms with Crippen LogP contribution in [0.5, 0.6) is 0 Å². The van der Waals surface area contributed by atoms with E-state index in [1.165, 1.54) is 0 Å². The highest BCUT2D eigenvalue weighted by Crippen LogP contribution is 2.39. The zero-order valence-electron chi connectivity index (χ0n) is 11.5. The number of Topliss-reactive ketones (excluding diaryl/α,β-unsaturated/α-hetero) is 1. The molecule has 0 radical (unpaired) electrons. The summed E-state index contributed by atoms with van der Waals surface area (Å²) in [6.45, 7) is 2.76. The molecule has 3 heteroatoms. The van der Waals surface area contributed by atoms with Crippen molar-refractivity contribution in [3.63, 3.8) is 0 Å². The van der Waals surface area contributed by atoms with Crippen molar-refractivity contribution < 1.29 is 4.79 Å². The molecule has 1 aliphatic carbocycles. The molecule has 0 aromatic heterocycles. The lowest BCUT2D eigenvalue weighted by Crippen LogP contribution is -2.42. The molecular formula is C16H22BrNO. The molecule has 0 unspecified atom stereocenters. The van der Waals surface area contributed by atoms with Gasteiger partial charge in [-0.1, -0.05) is 35.0 Å². The minimum absolute atomic E-state index is 0.269. The van der Waals surface area contributed by atoms with Gasteiger partial charge in [-0.2, -0.15) is 0 Å². The van der Waals surface area contributed by atoms with Crippen molar-refractivity contribution >= 4 is 21.7 Å². The Labute approximate surface area is 123 Å². The van der Waals surface area contributed by atoms with E-state index in [1.54, 1.807) is 0 Å². The summed E-state index contributed by atoms with van der Waals surface area (Å²) in [6.07, 6.45) is 4.67. The van der Waals surface area contributed by atoms with E-state index >= 15 is 0 Å². The number of rotatable bonds is 4. The van der Waals surface area contributed by atoms with E-state index < -0.39 is 0 Å². The van der Waals surface area contributed by atoms with E-state index in [0.717, 1.165) is 41.6 Å². The average Bonchev–Trinajstić information content (AvgIpc) is 2.40. The van der Waals surface area contributed by atoms with Gasteiger partial charge >= 0.3 is 0 Å². The second-order valence-corrected chi connectivity index (χ2v) is 6.81. The lowest BCUT2D eigenvalue weighted by Gasteiger charge is -2.37. The fourth-order valence-electron chi connectivity index (χ4n) is 2.93. The van der Waals surface area contributed by atoms with Crippen LogP contribution in [0, 0.1) is 11.3 Å². The minimum Gasteiger partial charge on any atom is -0.329 e. The number of ketones is 1. The molecule has 0 heterocycles. The van der Waals surface area contributed by atoms with Gasteiger partial charge in [-0.3, -0.25) is 4.79 Å². The molecule has 0 aliphatic heterocycles. The predicted octanol–water partition coefficient (Wildman–Crippen LogP) is 3.72. The largest absolute Gasteiger partial charge is 0.329 e. The molecule has 2 rings (SSSR count). The smallest absolute Gasteiger partial charge is 0.144 e. The van der Waals surface area contributed by atoms with Crippen molar-refractivity contribution in [1.82, 2.24) is 0 Å². The first-order valence-corrected chi connectivity index (χ1v) is 7.83. The molecule has 19 heavy (non-hydrogen) atoms. The van der Waals surface area contributed by atoms with Crippen LogP contribution in [-0.2, 0) is 11.2 Å². The Hall–Kier alpha value is -0.670. The van der Waals surface area contributed by atoms with Crippen LogP contribution in [0.2, 0.25) is 0 Å². The maximum absolute atomic E-state index is 12.6. The SMILES string of the molecule is CC1CCC(CN)(C(=O)Cc2cccc(Br)c2)CC1. The van der Waals surface area contributed by atoms with Crippen LogP contribution in [0.4, 0.5) is 0 Å². The first kappa shape index (κ1) is 14.7. The van der Waals surface area contributed by atoms with E-state index in [4.69, 9.17) is 5.73 Å². The molecule has 0 saturated heterocycles. The molecular weight excluding hydrogens is 302 g/mol. The first-order chi connectivity index (χ1) is 9.05. The van der Waals surface area contributed by atoms with Gasteiger partial charge in [0.25, 0.3) is 0 Å². The number of benzene rings is 1. The van der Waals surface area contributed by atoms with Crippen LogP contribution in [0.15, 0.2) is 28.7 Å². The average molecular weight is 324 g/mol. The third-order valence-corrected chi connectivity index (χ3v) is 4.96. The monoisotopic (exact) mass is 323 g/mol. The van der Waals surface area contributed by atoms with Gasteiger partial charge in [0.1, 0.15) is 5.78 Å². The van der Waals surface area contributed by atoms with E-state index in [9.17, 15) is 4.79 Å². The Morgan fingerprint density at radius 1 is 1.42 bits per heavy atom. The molecule has 1 fully saturated rings. The fraction of sp³-hybridized carbons (Fsp3) is 0.562. The first-order valence-electron chi connectivity index (χ1n) is 7.03. The second-order valence-electron chi connectivity index (χ2n) is 5.90. The number of hydrogen-bond donors (Lipinski definition) is 1. The standard InChI is InChI=1S/C16H22BrNO/c1-12-5-7-16(11-18,8-6-12)15(19)10-13-3-2-4-14(17)9-13/h2-4,9,12H,5-8,10-11,18H2,1H3. The Morgan fingerprint density at radius 2 is 2.11 bits per heavy atom. The fourth-order valence-corrected chi connectivity index (χ4v) is 3.38. The van der Waals surface area contributed by atoms with E-state index in [0.29, 0.717) is 18.7 Å². The molecule has 0 spiro atoms. The van der Waals surface area contributed by atoms with Crippen LogP contribution >= 0.6 is 15.9 Å². The summed E-state index contributed by atoms with van der Waals surface area (Å²) in [6, 6.07) is 7.99. The van der Waals surface area contributed by atoms with E-state index in [2.05, 4.69) is 22.9 Å². The summed E-state index contributed by atoms with van der Waals surface area (Å²) in [5.41, 5.74) is 6.74. The summed E-state index contributed by atoms with van der Waals surface area (Å²) >= 11 is 3.45. The second kappa shape index (κ2) is 6.19. The van der Waals surface area contributed by atoms with Gasteiger partial charge in [0.2, 0.25) is 0 Å². The maximum Gasteiger partial charge on any atom is 0.144 e. The predicted molar refractivity (Wildman–Crippen MR) is 82.0 cm³/mol. The molecule has 1 saturated carbocycles. The van der Waals surface area contributed by atoms with Crippen LogP contribution in [0.1, 0.15) is 38.2 Å². The van der Waals surface area contributed by atoms with Crippen LogP contribution in [-0.4, -0.2) is 12.3 Å². The zero-order valence-corrected chi connectivity index (χ0v) is 13.1. The van der Waals surface area contributed by atoms with Crippen LogP contribution in [0.25, 0.3) is 0 Å². The van der Waals surface area contributed by atoms with Crippen molar-refractivity contribution in [2.45, 2.75) is 39.0 Å². The number of carbonyl (C=O) groups excluding carboxylic acids is 1. The highest BCUT2D eigenvalue weighted by molar-refractivity contribution is 9.10. The van der Waals surface area contributed by atoms with Crippen LogP contribution in [0.3, 0.4) is 0 Å². The maximum atomic E-state index is 12.6. The van der Waals surface area contributed by atoms with Gasteiger partial charge in [0.15, 0.2) is 0 Å². The normalized spacial score (nSPS) is 27.2. The van der Waals surface area contributed by atoms with E-state index in [-0.39, 0.29) is 5.41 Å². The molecule has 104 valence electrons. The van der Waals surface area contributed by atoms with Crippen molar-refractivity contribution in [3.8, 4) is 0 Å². The van der Waals surface area contributed by atoms with Gasteiger partial charge in [-0.05, 0) is 49.3 Å². The summed E-state index contributed by atoms with van der Waals surface area (Å²) in [5, 5.41) is 0. The summed E-state index contributed by atoms with van der Waals surface area (Å²) in [4.78, 5) is 12.6. The highest BCUT2D eigenvalue weighted by atomic mass is 79.9. The van der Waals surface area contributed by atoms with Crippen molar-refractivity contribution in [3.05, 3.63) is 34.3 Å². The molecule has 0 bridgehead atoms. The quantitative estimate of drug-likeness (QED) is 0.917. The van der Waals surface area contributed by atoms with Crippen molar-refractivity contribution in [2.24, 2.45) is 17.1 Å². The summed E-state index contributed by atoms with van der Waals surface area (Å²) in [5.74, 6) is 1.05. The number of carbonyl (C=O) groups is 1. The molecule has 0 atom stereocenters. The van der Waals surface area contributed by atoms with Gasteiger partial charge in [-0.15, -0.1) is 0 Å². The molecule has 0 amide bonds. The number of nitrogens with two attached hydrogens (primary N) is 1. The van der Waals surface area contributed by atoms with Gasteiger partial charge < -0.3 is 5.73 Å². The summed E-state index contributed by atoms with van der Waals surface area (Å²) < 4.78 is 1.02. The van der Waals surface area contributed by atoms with Crippen molar-refractivity contribution in [1.29, 1.82) is 0 Å². The lowest BCUT2D eigenvalue weighted by atomic mass is 9.67. The van der Waals surface area contributed by atoms with Gasteiger partial charge in [0, 0.05) is 22.9 Å². The third kappa shape index (κ3) is 3.46. The lowest BCUT2D eigenvalue weighted by molar-refractivity contribution is -0.129. The van der Waals surface area contributed by atoms with Gasteiger partial charge in [-0.25, -0.2) is 0 Å². The molecule has 2 N–H and O–H groups in total. The Morgan fingerprint density at radius 3 is 2.68 bits per heavy atom. The topological polar surface area (TPSA) is 43.1 Å². The minimum atomic E-state index is -0.269. The van der Waals surface area contributed by atoms with Crippen LogP contribution < -0.4 is 5.73 Å². The molecule has 1 aliphatic rings. The highest BCUT2D eigenvalue weighted by Gasteiger charge is 2.39. The zero-order chi connectivity index (χ0) is 13.9.